The normalized spacial score (nSPS) is 14.1. The number of hydrogen-bond acceptors (Lipinski definition) is 1. The monoisotopic (exact) mass is 150 g/mol. The Balaban J connectivity index is 3.64. The van der Waals surface area contributed by atoms with Gasteiger partial charge in [-0.15, -0.1) is 0 Å². The molecule has 0 heterocycles. The molecule has 0 rings (SSSR count). The summed E-state index contributed by atoms with van der Waals surface area (Å²) in [6, 6.07) is 0. The Labute approximate surface area is 61.2 Å². The van der Waals surface area contributed by atoms with E-state index in [1.807, 2.05) is 6.92 Å². The molecule has 2 heteroatoms. The van der Waals surface area contributed by atoms with E-state index in [-0.39, 0.29) is 0 Å². The molecule has 0 aromatic carbocycles. The van der Waals surface area contributed by atoms with E-state index in [0.29, 0.717) is 16.2 Å². The average molecular weight is 151 g/mol. The first kappa shape index (κ1) is 8.38. The number of rotatable bonds is 2. The van der Waals surface area contributed by atoms with Crippen molar-refractivity contribution in [1.82, 2.24) is 0 Å². The molecular weight excluding hydrogens is 140 g/mol. The van der Waals surface area contributed by atoms with E-state index in [0.717, 1.165) is 0 Å². The van der Waals surface area contributed by atoms with Crippen molar-refractivity contribution in [3.05, 3.63) is 0 Å². The van der Waals surface area contributed by atoms with Crippen molar-refractivity contribution in [2.45, 2.75) is 20.8 Å². The standard InChI is InChI=1S/C6H11ClS/c1-4(2)5(3)6(7)8/h4-5H,1-3H3. The van der Waals surface area contributed by atoms with Crippen LogP contribution in [0.25, 0.3) is 0 Å². The average Bonchev–Trinajstić information content (AvgIpc) is 1.64. The number of hydrogen-bond donors (Lipinski definition) is 0. The van der Waals surface area contributed by atoms with Gasteiger partial charge >= 0.3 is 0 Å². The SMILES string of the molecule is CC(C)C(C)C(=S)Cl. The van der Waals surface area contributed by atoms with Gasteiger partial charge in [0.05, 0.1) is 4.32 Å². The van der Waals surface area contributed by atoms with Gasteiger partial charge in [-0.3, -0.25) is 0 Å². The van der Waals surface area contributed by atoms with Crippen molar-refractivity contribution in [2.75, 3.05) is 0 Å². The second-order valence-electron chi connectivity index (χ2n) is 2.34. The summed E-state index contributed by atoms with van der Waals surface area (Å²) in [5.74, 6) is 0.937. The predicted octanol–water partition coefficient (Wildman–Crippen LogP) is 2.84. The Morgan fingerprint density at radius 3 is 1.75 bits per heavy atom. The van der Waals surface area contributed by atoms with Crippen LogP contribution in [-0.2, 0) is 0 Å². The lowest BCUT2D eigenvalue weighted by molar-refractivity contribution is 0.542. The van der Waals surface area contributed by atoms with Gasteiger partial charge in [0.25, 0.3) is 0 Å². The van der Waals surface area contributed by atoms with E-state index in [4.69, 9.17) is 23.8 Å². The fraction of sp³-hybridized carbons (Fsp3) is 0.833. The van der Waals surface area contributed by atoms with Gasteiger partial charge in [-0.25, -0.2) is 0 Å². The second kappa shape index (κ2) is 3.41. The zero-order chi connectivity index (χ0) is 6.73. The maximum Gasteiger partial charge on any atom is 0.0839 e. The maximum atomic E-state index is 5.55. The van der Waals surface area contributed by atoms with E-state index < -0.39 is 0 Å². The summed E-state index contributed by atoms with van der Waals surface area (Å²) in [6.45, 7) is 6.26. The van der Waals surface area contributed by atoms with Crippen molar-refractivity contribution >= 4 is 28.1 Å². The molecule has 0 saturated carbocycles. The Morgan fingerprint density at radius 2 is 1.75 bits per heavy atom. The van der Waals surface area contributed by atoms with Crippen LogP contribution >= 0.6 is 23.8 Å². The van der Waals surface area contributed by atoms with Gasteiger partial charge in [-0.05, 0) is 5.92 Å². The molecule has 8 heavy (non-hydrogen) atoms. The fourth-order valence-electron chi connectivity index (χ4n) is 0.262. The summed E-state index contributed by atoms with van der Waals surface area (Å²) < 4.78 is 0.597. The first-order valence-electron chi connectivity index (χ1n) is 2.75. The highest BCUT2D eigenvalue weighted by Crippen LogP contribution is 2.13. The molecular formula is C6H11ClS. The van der Waals surface area contributed by atoms with Crippen LogP contribution in [-0.4, -0.2) is 4.32 Å². The Bertz CT molecular complexity index is 88.5. The summed E-state index contributed by atoms with van der Waals surface area (Å²) in [6.07, 6.45) is 0. The molecule has 1 atom stereocenters. The zero-order valence-corrected chi connectivity index (χ0v) is 7.01. The van der Waals surface area contributed by atoms with Gasteiger partial charge in [0.2, 0.25) is 0 Å². The van der Waals surface area contributed by atoms with Gasteiger partial charge in [0.15, 0.2) is 0 Å². The van der Waals surface area contributed by atoms with Crippen LogP contribution in [0, 0.1) is 11.8 Å². The molecule has 0 aromatic heterocycles. The third-order valence-electron chi connectivity index (χ3n) is 1.36. The van der Waals surface area contributed by atoms with E-state index in [1.165, 1.54) is 0 Å². The molecule has 0 aliphatic heterocycles. The largest absolute Gasteiger partial charge is 0.0839 e. The van der Waals surface area contributed by atoms with Crippen LogP contribution in [0.4, 0.5) is 0 Å². The molecule has 0 nitrogen and oxygen atoms in total. The minimum atomic E-state index is 0.367. The van der Waals surface area contributed by atoms with Crippen LogP contribution in [0.2, 0.25) is 0 Å². The zero-order valence-electron chi connectivity index (χ0n) is 5.44. The minimum Gasteiger partial charge on any atom is -0.0762 e. The van der Waals surface area contributed by atoms with Gasteiger partial charge in [-0.2, -0.15) is 0 Å². The second-order valence-corrected chi connectivity index (χ2v) is 3.41. The summed E-state index contributed by atoms with van der Waals surface area (Å²) >= 11 is 10.3. The van der Waals surface area contributed by atoms with Crippen molar-refractivity contribution in [3.63, 3.8) is 0 Å². The maximum absolute atomic E-state index is 5.55. The van der Waals surface area contributed by atoms with Crippen molar-refractivity contribution < 1.29 is 0 Å². The molecule has 0 N–H and O–H groups in total. The van der Waals surface area contributed by atoms with E-state index in [1.54, 1.807) is 0 Å². The molecule has 0 aliphatic carbocycles. The predicted molar refractivity (Wildman–Crippen MR) is 42.5 cm³/mol. The van der Waals surface area contributed by atoms with Gasteiger partial charge < -0.3 is 0 Å². The highest BCUT2D eigenvalue weighted by molar-refractivity contribution is 7.83. The van der Waals surface area contributed by atoms with Crippen molar-refractivity contribution in [2.24, 2.45) is 11.8 Å². The molecule has 48 valence electrons. The summed E-state index contributed by atoms with van der Waals surface area (Å²) in [5.41, 5.74) is 0. The third kappa shape index (κ3) is 2.63. The van der Waals surface area contributed by atoms with Gasteiger partial charge in [-0.1, -0.05) is 44.6 Å². The lowest BCUT2D eigenvalue weighted by Crippen LogP contribution is -2.08. The van der Waals surface area contributed by atoms with Crippen molar-refractivity contribution in [1.29, 1.82) is 0 Å². The van der Waals surface area contributed by atoms with Crippen LogP contribution in [0.5, 0.6) is 0 Å². The topological polar surface area (TPSA) is 0 Å². The summed E-state index contributed by atoms with van der Waals surface area (Å²) in [4.78, 5) is 0. The number of thiocarbonyl (C=S) groups is 1. The Morgan fingerprint density at radius 1 is 1.38 bits per heavy atom. The van der Waals surface area contributed by atoms with Gasteiger partial charge in [0, 0.05) is 5.92 Å². The first-order chi connectivity index (χ1) is 3.55. The van der Waals surface area contributed by atoms with E-state index in [9.17, 15) is 0 Å². The smallest absolute Gasteiger partial charge is 0.0762 e. The molecule has 0 aliphatic rings. The third-order valence-corrected chi connectivity index (χ3v) is 2.07. The first-order valence-corrected chi connectivity index (χ1v) is 3.53. The molecule has 0 spiro atoms. The summed E-state index contributed by atoms with van der Waals surface area (Å²) in [5, 5.41) is 0. The molecule has 0 amide bonds. The van der Waals surface area contributed by atoms with E-state index in [2.05, 4.69) is 13.8 Å². The molecule has 1 unspecified atom stereocenters. The molecule has 0 fully saturated rings. The quantitative estimate of drug-likeness (QED) is 0.431. The Kier molecular flexibility index (Phi) is 3.58. The van der Waals surface area contributed by atoms with Gasteiger partial charge in [0.1, 0.15) is 0 Å². The fourth-order valence-corrected chi connectivity index (χ4v) is 0.786. The molecule has 0 saturated heterocycles. The highest BCUT2D eigenvalue weighted by atomic mass is 35.5. The van der Waals surface area contributed by atoms with Crippen LogP contribution in [0.15, 0.2) is 0 Å². The summed E-state index contributed by atoms with van der Waals surface area (Å²) in [7, 11) is 0. The number of halogens is 1. The van der Waals surface area contributed by atoms with Crippen molar-refractivity contribution in [3.8, 4) is 0 Å². The van der Waals surface area contributed by atoms with Crippen LogP contribution < -0.4 is 0 Å². The Hall–Kier alpha value is 0.380. The lowest BCUT2D eigenvalue weighted by atomic mass is 10.0. The van der Waals surface area contributed by atoms with E-state index >= 15 is 0 Å². The minimum absolute atomic E-state index is 0.367. The highest BCUT2D eigenvalue weighted by Gasteiger charge is 2.09. The lowest BCUT2D eigenvalue weighted by Gasteiger charge is -2.10. The molecule has 0 radical (unpaired) electrons. The van der Waals surface area contributed by atoms with Crippen LogP contribution in [0.3, 0.4) is 0 Å². The molecule has 0 aromatic rings. The van der Waals surface area contributed by atoms with Crippen LogP contribution in [0.1, 0.15) is 20.8 Å². The molecule has 0 bridgehead atoms.